The number of rotatable bonds is 6. The summed E-state index contributed by atoms with van der Waals surface area (Å²) >= 11 is 5.95. The summed E-state index contributed by atoms with van der Waals surface area (Å²) in [5.41, 5.74) is 6.83. The Hall–Kier alpha value is -0.770. The first-order valence-corrected chi connectivity index (χ1v) is 6.13. The second-order valence-corrected chi connectivity index (χ2v) is 4.62. The van der Waals surface area contributed by atoms with Gasteiger partial charge in [-0.25, -0.2) is 0 Å². The van der Waals surface area contributed by atoms with Gasteiger partial charge in [-0.05, 0) is 32.0 Å². The van der Waals surface area contributed by atoms with Gasteiger partial charge >= 0.3 is 0 Å². The summed E-state index contributed by atoms with van der Waals surface area (Å²) in [5, 5.41) is 0.675. The van der Waals surface area contributed by atoms with Gasteiger partial charge in [-0.15, -0.1) is 0 Å². The van der Waals surface area contributed by atoms with E-state index in [0.717, 1.165) is 17.7 Å². The van der Waals surface area contributed by atoms with E-state index < -0.39 is 0 Å². The molecule has 0 saturated carbocycles. The number of ether oxygens (including phenoxy) is 2. The first-order valence-electron chi connectivity index (χ1n) is 5.75. The second kappa shape index (κ2) is 6.84. The zero-order chi connectivity index (χ0) is 12.8. The molecule has 0 heterocycles. The van der Waals surface area contributed by atoms with Gasteiger partial charge in [0.1, 0.15) is 5.75 Å². The minimum atomic E-state index is -0.0988. The van der Waals surface area contributed by atoms with E-state index in [0.29, 0.717) is 11.6 Å². The van der Waals surface area contributed by atoms with Crippen LogP contribution in [0.2, 0.25) is 5.02 Å². The van der Waals surface area contributed by atoms with E-state index >= 15 is 0 Å². The maximum absolute atomic E-state index is 5.95. The quantitative estimate of drug-likeness (QED) is 0.851. The summed E-state index contributed by atoms with van der Waals surface area (Å²) in [5.74, 6) is 0.799. The molecule has 1 aromatic carbocycles. The van der Waals surface area contributed by atoms with Crippen LogP contribution in [0.5, 0.6) is 5.75 Å². The number of hydrogen-bond donors (Lipinski definition) is 1. The summed E-state index contributed by atoms with van der Waals surface area (Å²) in [7, 11) is 1.68. The Bertz CT molecular complexity index is 355. The molecule has 0 aromatic heterocycles. The molecule has 0 spiro atoms. The van der Waals surface area contributed by atoms with Crippen LogP contribution in [0.1, 0.15) is 31.9 Å². The van der Waals surface area contributed by atoms with Gasteiger partial charge in [0.2, 0.25) is 0 Å². The number of benzene rings is 1. The van der Waals surface area contributed by atoms with E-state index in [-0.39, 0.29) is 12.1 Å². The van der Waals surface area contributed by atoms with Crippen LogP contribution in [-0.2, 0) is 4.74 Å². The van der Waals surface area contributed by atoms with E-state index in [2.05, 4.69) is 0 Å². The lowest BCUT2D eigenvalue weighted by atomic mass is 10.1. The van der Waals surface area contributed by atoms with Gasteiger partial charge in [-0.2, -0.15) is 0 Å². The van der Waals surface area contributed by atoms with Crippen LogP contribution in [0, 0.1) is 0 Å². The lowest BCUT2D eigenvalue weighted by molar-refractivity contribution is 0.134. The highest BCUT2D eigenvalue weighted by Gasteiger charge is 2.11. The fourth-order valence-corrected chi connectivity index (χ4v) is 1.72. The van der Waals surface area contributed by atoms with Crippen LogP contribution < -0.4 is 10.5 Å². The van der Waals surface area contributed by atoms with E-state index in [1.165, 1.54) is 0 Å². The molecule has 3 nitrogen and oxygen atoms in total. The standard InChI is InChI=1S/C13H20ClNO2/c1-9(6-7-16-3)17-13-5-4-11(14)8-12(13)10(2)15/h4-5,8-10H,6-7,15H2,1-3H3. The van der Waals surface area contributed by atoms with E-state index in [1.807, 2.05) is 32.0 Å². The maximum Gasteiger partial charge on any atom is 0.124 e. The fourth-order valence-electron chi connectivity index (χ4n) is 1.54. The summed E-state index contributed by atoms with van der Waals surface area (Å²) in [6.45, 7) is 4.61. The van der Waals surface area contributed by atoms with Crippen LogP contribution in [0.4, 0.5) is 0 Å². The van der Waals surface area contributed by atoms with Gasteiger partial charge in [0.05, 0.1) is 6.10 Å². The highest BCUT2D eigenvalue weighted by molar-refractivity contribution is 6.30. The Balaban J connectivity index is 2.76. The second-order valence-electron chi connectivity index (χ2n) is 4.18. The van der Waals surface area contributed by atoms with Crippen molar-refractivity contribution in [2.45, 2.75) is 32.4 Å². The molecule has 0 amide bonds. The Kier molecular flexibility index (Phi) is 5.75. The molecule has 2 N–H and O–H groups in total. The predicted molar refractivity (Wildman–Crippen MR) is 70.6 cm³/mol. The molecule has 0 radical (unpaired) electrons. The average molecular weight is 258 g/mol. The fraction of sp³-hybridized carbons (Fsp3) is 0.538. The van der Waals surface area contributed by atoms with Crippen molar-refractivity contribution in [2.75, 3.05) is 13.7 Å². The van der Waals surface area contributed by atoms with Gasteiger partial charge in [-0.3, -0.25) is 0 Å². The predicted octanol–water partition coefficient (Wildman–Crippen LogP) is 3.16. The monoisotopic (exact) mass is 257 g/mol. The molecule has 0 bridgehead atoms. The summed E-state index contributed by atoms with van der Waals surface area (Å²) in [4.78, 5) is 0. The van der Waals surface area contributed by atoms with Gasteiger partial charge in [0, 0.05) is 36.8 Å². The number of methoxy groups -OCH3 is 1. The molecule has 96 valence electrons. The molecule has 0 aliphatic carbocycles. The number of halogens is 1. The van der Waals surface area contributed by atoms with Crippen LogP contribution in [0.15, 0.2) is 18.2 Å². The zero-order valence-electron chi connectivity index (χ0n) is 10.6. The molecule has 17 heavy (non-hydrogen) atoms. The van der Waals surface area contributed by atoms with Crippen molar-refractivity contribution in [2.24, 2.45) is 5.73 Å². The van der Waals surface area contributed by atoms with Crippen molar-refractivity contribution in [3.8, 4) is 5.75 Å². The maximum atomic E-state index is 5.95. The summed E-state index contributed by atoms with van der Waals surface area (Å²) in [6, 6.07) is 5.43. The van der Waals surface area contributed by atoms with Crippen molar-refractivity contribution in [3.63, 3.8) is 0 Å². The van der Waals surface area contributed by atoms with Gasteiger partial charge in [0.15, 0.2) is 0 Å². The van der Waals surface area contributed by atoms with Crippen LogP contribution in [0.25, 0.3) is 0 Å². The van der Waals surface area contributed by atoms with E-state index in [9.17, 15) is 0 Å². The van der Waals surface area contributed by atoms with E-state index in [1.54, 1.807) is 7.11 Å². The Morgan fingerprint density at radius 1 is 1.35 bits per heavy atom. The third-order valence-electron chi connectivity index (χ3n) is 2.52. The molecule has 2 atom stereocenters. The van der Waals surface area contributed by atoms with E-state index in [4.69, 9.17) is 26.8 Å². The zero-order valence-corrected chi connectivity index (χ0v) is 11.3. The van der Waals surface area contributed by atoms with Gasteiger partial charge in [0.25, 0.3) is 0 Å². The summed E-state index contributed by atoms with van der Waals surface area (Å²) < 4.78 is 10.9. The lowest BCUT2D eigenvalue weighted by Crippen LogP contribution is -2.16. The summed E-state index contributed by atoms with van der Waals surface area (Å²) in [6.07, 6.45) is 0.936. The smallest absolute Gasteiger partial charge is 0.124 e. The molecular weight excluding hydrogens is 238 g/mol. The van der Waals surface area contributed by atoms with Crippen molar-refractivity contribution in [1.29, 1.82) is 0 Å². The highest BCUT2D eigenvalue weighted by Crippen LogP contribution is 2.28. The van der Waals surface area contributed by atoms with Crippen LogP contribution in [0.3, 0.4) is 0 Å². The van der Waals surface area contributed by atoms with Crippen LogP contribution in [-0.4, -0.2) is 19.8 Å². The Morgan fingerprint density at radius 2 is 2.06 bits per heavy atom. The molecule has 0 fully saturated rings. The lowest BCUT2D eigenvalue weighted by Gasteiger charge is -2.19. The third-order valence-corrected chi connectivity index (χ3v) is 2.75. The molecule has 1 rings (SSSR count). The minimum absolute atomic E-state index is 0.0913. The van der Waals surface area contributed by atoms with Gasteiger partial charge < -0.3 is 15.2 Å². The Morgan fingerprint density at radius 3 is 2.65 bits per heavy atom. The Labute approximate surface area is 108 Å². The van der Waals surface area contributed by atoms with Crippen molar-refractivity contribution < 1.29 is 9.47 Å². The third kappa shape index (κ3) is 4.54. The first-order chi connectivity index (χ1) is 8.04. The molecule has 1 aromatic rings. The molecule has 0 aliphatic rings. The van der Waals surface area contributed by atoms with Crippen LogP contribution >= 0.6 is 11.6 Å². The average Bonchev–Trinajstić information content (AvgIpc) is 2.28. The van der Waals surface area contributed by atoms with Crippen molar-refractivity contribution >= 4 is 11.6 Å². The van der Waals surface area contributed by atoms with Crippen molar-refractivity contribution in [1.82, 2.24) is 0 Å². The first kappa shape index (κ1) is 14.3. The SMILES string of the molecule is COCCC(C)Oc1ccc(Cl)cc1C(C)N. The molecule has 2 unspecified atom stereocenters. The normalized spacial score (nSPS) is 14.4. The largest absolute Gasteiger partial charge is 0.490 e. The molecule has 4 heteroatoms. The van der Waals surface area contributed by atoms with Gasteiger partial charge in [-0.1, -0.05) is 11.6 Å². The highest BCUT2D eigenvalue weighted by atomic mass is 35.5. The minimum Gasteiger partial charge on any atom is -0.490 e. The number of nitrogens with two attached hydrogens (primary N) is 1. The topological polar surface area (TPSA) is 44.5 Å². The van der Waals surface area contributed by atoms with Crippen molar-refractivity contribution in [3.05, 3.63) is 28.8 Å². The number of hydrogen-bond acceptors (Lipinski definition) is 3. The molecular formula is C13H20ClNO2. The molecule has 0 saturated heterocycles. The molecule has 0 aliphatic heterocycles.